The normalized spacial score (nSPS) is 18.4. The van der Waals surface area contributed by atoms with Crippen molar-refractivity contribution in [2.75, 3.05) is 19.7 Å². The molecule has 3 aromatic rings. The van der Waals surface area contributed by atoms with Crippen LogP contribution in [0.4, 0.5) is 4.39 Å². The standard InChI is InChI=1S/C31H38FN3O8S2/c1-29(2,3)44(38)35-30(4)17-42-28-22(30)16-26(34-27(28)19-7-10-21(32)11-8-19)31(5,37)14-13-23(36)20-9-12-24(25(15-20)41-6)43-18-45(33,39)40/h7-12,15-16,35,37H,13-14,17-18H2,1-6H3,(H2,33,39,40). The van der Waals surface area contributed by atoms with E-state index in [1.807, 2.05) is 27.7 Å². The van der Waals surface area contributed by atoms with Gasteiger partial charge in [0, 0.05) is 23.1 Å². The largest absolute Gasteiger partial charge is 0.493 e. The molecule has 14 heteroatoms. The molecule has 1 aliphatic heterocycles. The molecule has 244 valence electrons. The first-order valence-corrected chi connectivity index (χ1v) is 16.9. The van der Waals surface area contributed by atoms with E-state index in [0.717, 1.165) is 0 Å². The molecule has 4 N–H and O–H groups in total. The summed E-state index contributed by atoms with van der Waals surface area (Å²) in [7, 11) is -4.01. The number of pyridine rings is 1. The number of nitrogens with one attached hydrogen (secondary N) is 1. The van der Waals surface area contributed by atoms with E-state index in [1.54, 1.807) is 25.1 Å². The van der Waals surface area contributed by atoms with Gasteiger partial charge in [-0.3, -0.25) is 4.79 Å². The van der Waals surface area contributed by atoms with E-state index in [2.05, 4.69) is 4.72 Å². The van der Waals surface area contributed by atoms with Crippen LogP contribution in [0.1, 0.15) is 69.1 Å². The van der Waals surface area contributed by atoms with Gasteiger partial charge >= 0.3 is 0 Å². The second kappa shape index (κ2) is 12.8. The lowest BCUT2D eigenvalue weighted by Gasteiger charge is -2.30. The number of halogens is 1. The van der Waals surface area contributed by atoms with Crippen molar-refractivity contribution in [3.8, 4) is 28.5 Å². The molecule has 45 heavy (non-hydrogen) atoms. The molecule has 0 aliphatic carbocycles. The van der Waals surface area contributed by atoms with Crippen molar-refractivity contribution in [1.29, 1.82) is 0 Å². The number of Topliss-reactive ketones (excluding diaryl/α,β-unsaturated/α-hetero) is 1. The first-order chi connectivity index (χ1) is 20.8. The number of hydrogen-bond donors (Lipinski definition) is 3. The summed E-state index contributed by atoms with van der Waals surface area (Å²) in [5, 5.41) is 16.7. The monoisotopic (exact) mass is 663 g/mol. The molecule has 0 fully saturated rings. The van der Waals surface area contributed by atoms with Gasteiger partial charge in [-0.1, -0.05) is 0 Å². The lowest BCUT2D eigenvalue weighted by atomic mass is 9.88. The first-order valence-electron chi connectivity index (χ1n) is 14.0. The van der Waals surface area contributed by atoms with Crippen LogP contribution in [0.3, 0.4) is 0 Å². The Bertz CT molecular complexity index is 1720. The molecule has 0 saturated heterocycles. The lowest BCUT2D eigenvalue weighted by Crippen LogP contribution is -2.47. The number of fused-ring (bicyclic) bond motifs is 1. The summed E-state index contributed by atoms with van der Waals surface area (Å²) in [6.07, 6.45) is -0.108. The van der Waals surface area contributed by atoms with E-state index in [4.69, 9.17) is 24.3 Å². The van der Waals surface area contributed by atoms with Crippen molar-refractivity contribution in [3.63, 3.8) is 0 Å². The third-order valence-electron chi connectivity index (χ3n) is 7.32. The number of benzene rings is 2. The van der Waals surface area contributed by atoms with Crippen molar-refractivity contribution in [3.05, 3.63) is 71.2 Å². The van der Waals surface area contributed by atoms with Crippen LogP contribution in [0.5, 0.6) is 17.2 Å². The maximum atomic E-state index is 13.8. The van der Waals surface area contributed by atoms with Crippen LogP contribution in [-0.4, -0.2) is 52.9 Å². The Morgan fingerprint density at radius 1 is 1.16 bits per heavy atom. The highest BCUT2D eigenvalue weighted by atomic mass is 32.2. The Labute approximate surface area is 264 Å². The number of hydrogen-bond acceptors (Lipinski definition) is 9. The molecule has 11 nitrogen and oxygen atoms in total. The summed E-state index contributed by atoms with van der Waals surface area (Å²) in [5.74, 6) is -0.849. The minimum absolute atomic E-state index is 0.0224. The number of rotatable bonds is 12. The highest BCUT2D eigenvalue weighted by Gasteiger charge is 2.43. The van der Waals surface area contributed by atoms with Gasteiger partial charge in [0.1, 0.15) is 23.7 Å². The quantitative estimate of drug-likeness (QED) is 0.242. The van der Waals surface area contributed by atoms with E-state index < -0.39 is 48.7 Å². The number of nitrogens with two attached hydrogens (primary N) is 1. The van der Waals surface area contributed by atoms with Crippen LogP contribution in [0.15, 0.2) is 48.5 Å². The highest BCUT2D eigenvalue weighted by molar-refractivity contribution is 7.89. The zero-order valence-corrected chi connectivity index (χ0v) is 27.6. The number of ether oxygens (including phenoxy) is 3. The van der Waals surface area contributed by atoms with Gasteiger partial charge in [-0.25, -0.2) is 31.9 Å². The summed E-state index contributed by atoms with van der Waals surface area (Å²) >= 11 is 0. The summed E-state index contributed by atoms with van der Waals surface area (Å²) in [5.41, 5.74) is -0.451. The van der Waals surface area contributed by atoms with E-state index in [0.29, 0.717) is 22.6 Å². The first kappa shape index (κ1) is 34.4. The summed E-state index contributed by atoms with van der Waals surface area (Å²) in [4.78, 5) is 17.9. The van der Waals surface area contributed by atoms with Crippen molar-refractivity contribution in [2.45, 2.75) is 63.3 Å². The fraction of sp³-hybridized carbons (Fsp3) is 0.419. The summed E-state index contributed by atoms with van der Waals surface area (Å²) < 4.78 is 68.6. The van der Waals surface area contributed by atoms with Crippen molar-refractivity contribution < 1.29 is 41.1 Å². The number of methoxy groups -OCH3 is 1. The van der Waals surface area contributed by atoms with Gasteiger partial charge in [0.2, 0.25) is 16.0 Å². The second-order valence-corrected chi connectivity index (χ2v) is 15.9. The molecule has 1 aromatic heterocycles. The Hall–Kier alpha value is -3.43. The molecule has 2 aromatic carbocycles. The molecule has 0 amide bonds. The summed E-state index contributed by atoms with van der Waals surface area (Å²) in [6, 6.07) is 11.7. The van der Waals surface area contributed by atoms with Gasteiger partial charge in [-0.2, -0.15) is 0 Å². The number of aromatic nitrogens is 1. The van der Waals surface area contributed by atoms with Gasteiger partial charge in [-0.15, -0.1) is 0 Å². The number of primary sulfonamides is 1. The van der Waals surface area contributed by atoms with Crippen LogP contribution in [0.2, 0.25) is 0 Å². The third kappa shape index (κ3) is 8.05. The average Bonchev–Trinajstić information content (AvgIpc) is 3.29. The Morgan fingerprint density at radius 3 is 2.42 bits per heavy atom. The van der Waals surface area contributed by atoms with E-state index in [9.17, 15) is 26.9 Å². The predicted molar refractivity (Wildman–Crippen MR) is 168 cm³/mol. The molecule has 1 aliphatic rings. The van der Waals surface area contributed by atoms with Crippen LogP contribution < -0.4 is 24.1 Å². The molecule has 2 heterocycles. The SMILES string of the molecule is COc1cc(C(=O)CCC(C)(O)c2cc3c(c(-c4ccc(F)cc4)n2)OCC3(C)NS(=O)C(C)(C)C)ccc1OCS(N)(=O)=O. The Kier molecular flexibility index (Phi) is 9.76. The summed E-state index contributed by atoms with van der Waals surface area (Å²) in [6.45, 7) is 9.08. The number of ketones is 1. The van der Waals surface area contributed by atoms with Gasteiger partial charge in [0.25, 0.3) is 0 Å². The van der Waals surface area contributed by atoms with Gasteiger partial charge in [0.15, 0.2) is 23.0 Å². The maximum Gasteiger partial charge on any atom is 0.244 e. The number of carbonyl (C=O) groups excluding carboxylic acids is 1. The number of carbonyl (C=O) groups is 1. The fourth-order valence-corrected chi connectivity index (χ4v) is 5.82. The number of sulfonamides is 1. The van der Waals surface area contributed by atoms with Gasteiger partial charge in [0.05, 0.1) is 34.1 Å². The van der Waals surface area contributed by atoms with Gasteiger partial charge in [-0.05, 0) is 89.6 Å². The lowest BCUT2D eigenvalue weighted by molar-refractivity contribution is 0.0396. The number of aliphatic hydroxyl groups is 1. The van der Waals surface area contributed by atoms with Crippen LogP contribution >= 0.6 is 0 Å². The average molecular weight is 664 g/mol. The minimum Gasteiger partial charge on any atom is -0.493 e. The van der Waals surface area contributed by atoms with E-state index in [-0.39, 0.29) is 48.0 Å². The third-order valence-corrected chi connectivity index (χ3v) is 9.51. The van der Waals surface area contributed by atoms with Crippen LogP contribution in [0.25, 0.3) is 11.3 Å². The fourth-order valence-electron chi connectivity index (χ4n) is 4.64. The molecular weight excluding hydrogens is 625 g/mol. The van der Waals surface area contributed by atoms with Crippen molar-refractivity contribution in [2.24, 2.45) is 5.14 Å². The van der Waals surface area contributed by atoms with Crippen molar-refractivity contribution >= 4 is 26.8 Å². The predicted octanol–water partition coefficient (Wildman–Crippen LogP) is 4.05. The maximum absolute atomic E-state index is 13.8. The van der Waals surface area contributed by atoms with Crippen molar-refractivity contribution in [1.82, 2.24) is 9.71 Å². The molecule has 0 spiro atoms. The zero-order valence-electron chi connectivity index (χ0n) is 26.0. The van der Waals surface area contributed by atoms with Crippen LogP contribution in [0, 0.1) is 5.82 Å². The molecule has 3 atom stereocenters. The molecule has 3 unspecified atom stereocenters. The van der Waals surface area contributed by atoms with E-state index in [1.165, 1.54) is 37.4 Å². The Balaban J connectivity index is 1.65. The van der Waals surface area contributed by atoms with Crippen LogP contribution in [-0.2, 0) is 32.1 Å². The molecule has 0 radical (unpaired) electrons. The minimum atomic E-state index is -3.89. The second-order valence-electron chi connectivity index (χ2n) is 12.3. The number of nitrogens with zero attached hydrogens (tertiary/aromatic N) is 1. The van der Waals surface area contributed by atoms with Gasteiger partial charge < -0.3 is 19.3 Å². The molecule has 0 bridgehead atoms. The molecule has 0 saturated carbocycles. The Morgan fingerprint density at radius 2 is 1.82 bits per heavy atom. The van der Waals surface area contributed by atoms with E-state index >= 15 is 0 Å². The smallest absolute Gasteiger partial charge is 0.244 e. The topological polar surface area (TPSA) is 167 Å². The molecular formula is C31H38FN3O8S2. The zero-order chi connectivity index (χ0) is 33.4. The highest BCUT2D eigenvalue weighted by Crippen LogP contribution is 2.45. The molecule has 4 rings (SSSR count).